The second kappa shape index (κ2) is 6.06. The van der Waals surface area contributed by atoms with Gasteiger partial charge < -0.3 is 5.11 Å². The first-order valence-corrected chi connectivity index (χ1v) is 5.61. The number of benzene rings is 1. The zero-order valence-electron chi connectivity index (χ0n) is 8.47. The number of halogens is 3. The van der Waals surface area contributed by atoms with Crippen LogP contribution in [0.25, 0.3) is 0 Å². The Morgan fingerprint density at radius 3 is 2.31 bits per heavy atom. The van der Waals surface area contributed by atoms with Crippen LogP contribution in [0, 0.1) is 5.82 Å². The molecule has 0 heterocycles. The molecule has 0 fully saturated rings. The van der Waals surface area contributed by atoms with Crippen molar-refractivity contribution in [2.75, 3.05) is 0 Å². The highest BCUT2D eigenvalue weighted by molar-refractivity contribution is 6.34. The topological polar surface area (TPSA) is 37.3 Å². The summed E-state index contributed by atoms with van der Waals surface area (Å²) in [7, 11) is 0. The van der Waals surface area contributed by atoms with Crippen LogP contribution in [0.2, 0.25) is 10.0 Å². The third-order valence-electron chi connectivity index (χ3n) is 2.15. The van der Waals surface area contributed by atoms with Crippen LogP contribution in [0.5, 0.6) is 0 Å². The van der Waals surface area contributed by atoms with E-state index in [0.717, 1.165) is 5.56 Å². The van der Waals surface area contributed by atoms with Crippen molar-refractivity contribution in [3.8, 4) is 0 Å². The molecule has 0 aliphatic heterocycles. The van der Waals surface area contributed by atoms with Crippen molar-refractivity contribution in [3.05, 3.63) is 33.6 Å². The van der Waals surface area contributed by atoms with E-state index in [1.165, 1.54) is 12.1 Å². The lowest BCUT2D eigenvalue weighted by atomic mass is 10.1. The lowest BCUT2D eigenvalue weighted by Crippen LogP contribution is -1.95. The third-order valence-corrected chi connectivity index (χ3v) is 2.70. The molecule has 5 heteroatoms. The summed E-state index contributed by atoms with van der Waals surface area (Å²) in [5, 5.41) is 8.44. The molecule has 0 atom stereocenters. The van der Waals surface area contributed by atoms with Crippen LogP contribution in [-0.2, 0) is 11.2 Å². The number of rotatable bonds is 5. The maximum absolute atomic E-state index is 13.1. The second-order valence-corrected chi connectivity index (χ2v) is 4.29. The number of carboxylic acid groups (broad SMARTS) is 1. The van der Waals surface area contributed by atoms with E-state index in [9.17, 15) is 9.18 Å². The molecule has 1 rings (SSSR count). The van der Waals surface area contributed by atoms with E-state index in [1.54, 1.807) is 0 Å². The number of unbranched alkanes of at least 4 members (excludes halogenated alkanes) is 1. The van der Waals surface area contributed by atoms with Crippen LogP contribution in [0.4, 0.5) is 4.39 Å². The smallest absolute Gasteiger partial charge is 0.303 e. The van der Waals surface area contributed by atoms with E-state index >= 15 is 0 Å². The molecule has 0 aliphatic carbocycles. The number of hydrogen-bond donors (Lipinski definition) is 1. The molecule has 0 spiro atoms. The summed E-state index contributed by atoms with van der Waals surface area (Å²) in [6, 6.07) is 3.03. The fourth-order valence-corrected chi connectivity index (χ4v) is 1.89. The Kier molecular flexibility index (Phi) is 5.03. The van der Waals surface area contributed by atoms with Crippen LogP contribution in [-0.4, -0.2) is 11.1 Å². The van der Waals surface area contributed by atoms with Crippen molar-refractivity contribution in [1.82, 2.24) is 0 Å². The predicted octanol–water partition coefficient (Wildman–Crippen LogP) is 3.93. The fraction of sp³-hybridized carbons (Fsp3) is 0.364. The van der Waals surface area contributed by atoms with Gasteiger partial charge in [-0.3, -0.25) is 4.79 Å². The van der Waals surface area contributed by atoms with E-state index in [0.29, 0.717) is 19.3 Å². The molecule has 1 aromatic carbocycles. The first-order chi connectivity index (χ1) is 7.50. The van der Waals surface area contributed by atoms with Gasteiger partial charge in [0.15, 0.2) is 5.82 Å². The van der Waals surface area contributed by atoms with Gasteiger partial charge in [0, 0.05) is 6.42 Å². The van der Waals surface area contributed by atoms with Gasteiger partial charge in [-0.15, -0.1) is 0 Å². The van der Waals surface area contributed by atoms with E-state index in [4.69, 9.17) is 28.3 Å². The number of hydrogen-bond acceptors (Lipinski definition) is 1. The quantitative estimate of drug-likeness (QED) is 0.647. The summed E-state index contributed by atoms with van der Waals surface area (Å²) in [6.07, 6.45) is 2.09. The zero-order valence-corrected chi connectivity index (χ0v) is 9.98. The van der Waals surface area contributed by atoms with Gasteiger partial charge in [-0.25, -0.2) is 4.39 Å². The van der Waals surface area contributed by atoms with E-state index in [2.05, 4.69) is 0 Å². The summed E-state index contributed by atoms with van der Waals surface area (Å²) in [4.78, 5) is 10.3. The second-order valence-electron chi connectivity index (χ2n) is 3.47. The summed E-state index contributed by atoms with van der Waals surface area (Å²) < 4.78 is 13.1. The lowest BCUT2D eigenvalue weighted by Gasteiger charge is -2.04. The van der Waals surface area contributed by atoms with Crippen molar-refractivity contribution >= 4 is 29.2 Å². The van der Waals surface area contributed by atoms with Gasteiger partial charge in [-0.1, -0.05) is 23.2 Å². The molecule has 16 heavy (non-hydrogen) atoms. The highest BCUT2D eigenvalue weighted by Crippen LogP contribution is 2.25. The molecule has 0 amide bonds. The van der Waals surface area contributed by atoms with Gasteiger partial charge in [-0.05, 0) is 37.0 Å². The Bertz CT molecular complexity index is 371. The van der Waals surface area contributed by atoms with Crippen LogP contribution in [0.3, 0.4) is 0 Å². The van der Waals surface area contributed by atoms with Crippen molar-refractivity contribution in [1.29, 1.82) is 0 Å². The van der Waals surface area contributed by atoms with Gasteiger partial charge in [-0.2, -0.15) is 0 Å². The molecule has 0 saturated carbocycles. The largest absolute Gasteiger partial charge is 0.481 e. The normalized spacial score (nSPS) is 10.4. The summed E-state index contributed by atoms with van der Waals surface area (Å²) >= 11 is 11.3. The highest BCUT2D eigenvalue weighted by atomic mass is 35.5. The van der Waals surface area contributed by atoms with Crippen molar-refractivity contribution < 1.29 is 14.3 Å². The zero-order chi connectivity index (χ0) is 12.1. The predicted molar refractivity (Wildman–Crippen MR) is 61.6 cm³/mol. The van der Waals surface area contributed by atoms with Crippen molar-refractivity contribution in [3.63, 3.8) is 0 Å². The minimum atomic E-state index is -0.810. The van der Waals surface area contributed by atoms with Gasteiger partial charge in [0.05, 0.1) is 10.0 Å². The minimum Gasteiger partial charge on any atom is -0.481 e. The molecule has 0 radical (unpaired) electrons. The Hall–Kier alpha value is -0.800. The number of carbonyl (C=O) groups is 1. The maximum Gasteiger partial charge on any atom is 0.303 e. The van der Waals surface area contributed by atoms with Gasteiger partial charge >= 0.3 is 5.97 Å². The van der Waals surface area contributed by atoms with E-state index < -0.39 is 11.8 Å². The number of carboxylic acids is 1. The Balaban J connectivity index is 2.52. The molecule has 2 nitrogen and oxygen atoms in total. The standard InChI is InChI=1S/C11H11Cl2FO2/c12-8-5-7(6-9(13)11(8)14)3-1-2-4-10(15)16/h5-6H,1-4H2,(H,15,16). The van der Waals surface area contributed by atoms with Gasteiger partial charge in [0.2, 0.25) is 0 Å². The lowest BCUT2D eigenvalue weighted by molar-refractivity contribution is -0.137. The molecular formula is C11H11Cl2FO2. The minimum absolute atomic E-state index is 0.000680. The van der Waals surface area contributed by atoms with E-state index in [-0.39, 0.29) is 16.5 Å². The van der Waals surface area contributed by atoms with E-state index in [1.807, 2.05) is 0 Å². The Labute approximate surface area is 103 Å². The molecule has 88 valence electrons. The SMILES string of the molecule is O=C(O)CCCCc1cc(Cl)c(F)c(Cl)c1. The molecule has 0 bridgehead atoms. The van der Waals surface area contributed by atoms with Gasteiger partial charge in [0.1, 0.15) is 0 Å². The number of aliphatic carboxylic acids is 1. The fourth-order valence-electron chi connectivity index (χ4n) is 1.36. The molecule has 0 aliphatic rings. The molecule has 0 saturated heterocycles. The summed E-state index contributed by atoms with van der Waals surface area (Å²) in [5.41, 5.74) is 0.821. The van der Waals surface area contributed by atoms with Crippen LogP contribution in [0.15, 0.2) is 12.1 Å². The number of aryl methyl sites for hydroxylation is 1. The van der Waals surface area contributed by atoms with Gasteiger partial charge in [0.25, 0.3) is 0 Å². The Morgan fingerprint density at radius 2 is 1.81 bits per heavy atom. The third kappa shape index (κ3) is 3.99. The first-order valence-electron chi connectivity index (χ1n) is 4.86. The molecule has 1 N–H and O–H groups in total. The molecule has 0 aromatic heterocycles. The summed E-state index contributed by atoms with van der Waals surface area (Å²) in [6.45, 7) is 0. The monoisotopic (exact) mass is 264 g/mol. The average Bonchev–Trinajstić information content (AvgIpc) is 2.20. The van der Waals surface area contributed by atoms with Crippen LogP contribution < -0.4 is 0 Å². The van der Waals surface area contributed by atoms with Crippen molar-refractivity contribution in [2.24, 2.45) is 0 Å². The first kappa shape index (κ1) is 13.3. The highest BCUT2D eigenvalue weighted by Gasteiger charge is 2.07. The molecular weight excluding hydrogens is 254 g/mol. The van der Waals surface area contributed by atoms with Crippen molar-refractivity contribution in [2.45, 2.75) is 25.7 Å². The van der Waals surface area contributed by atoms with Crippen LogP contribution >= 0.6 is 23.2 Å². The molecule has 0 unspecified atom stereocenters. The molecule has 1 aromatic rings. The van der Waals surface area contributed by atoms with Crippen LogP contribution in [0.1, 0.15) is 24.8 Å². The summed E-state index contributed by atoms with van der Waals surface area (Å²) in [5.74, 6) is -1.42. The maximum atomic E-state index is 13.1. The Morgan fingerprint density at radius 1 is 1.25 bits per heavy atom. The average molecular weight is 265 g/mol.